The number of amides is 1. The Morgan fingerprint density at radius 2 is 2.00 bits per heavy atom. The predicted molar refractivity (Wildman–Crippen MR) is 90.0 cm³/mol. The molecule has 0 radical (unpaired) electrons. The Labute approximate surface area is 136 Å². The molecular formula is C18H34N2O2. The van der Waals surface area contributed by atoms with E-state index in [2.05, 4.69) is 19.2 Å². The molecule has 22 heavy (non-hydrogen) atoms. The molecule has 0 aromatic rings. The first-order valence-electron chi connectivity index (χ1n) is 9.07. The predicted octanol–water partition coefficient (Wildman–Crippen LogP) is 3.94. The van der Waals surface area contributed by atoms with Crippen molar-refractivity contribution in [2.24, 2.45) is 5.92 Å². The van der Waals surface area contributed by atoms with Crippen LogP contribution in [-0.2, 0) is 4.74 Å². The van der Waals surface area contributed by atoms with E-state index in [0.717, 1.165) is 25.8 Å². The minimum atomic E-state index is -0.408. The fourth-order valence-corrected chi connectivity index (χ4v) is 3.92. The Hall–Kier alpha value is -0.770. The first kappa shape index (κ1) is 17.6. The Kier molecular flexibility index (Phi) is 5.76. The average Bonchev–Trinajstić information content (AvgIpc) is 3.04. The van der Waals surface area contributed by atoms with Gasteiger partial charge < -0.3 is 15.0 Å². The fourth-order valence-electron chi connectivity index (χ4n) is 3.92. The van der Waals surface area contributed by atoms with Gasteiger partial charge in [-0.15, -0.1) is 0 Å². The molecule has 1 heterocycles. The third-order valence-electron chi connectivity index (χ3n) is 5.10. The van der Waals surface area contributed by atoms with Crippen LogP contribution in [0.3, 0.4) is 0 Å². The number of nitrogens with zero attached hydrogens (tertiary/aromatic N) is 1. The lowest BCUT2D eigenvalue weighted by atomic mass is 9.92. The average molecular weight is 310 g/mol. The molecule has 0 aromatic heterocycles. The molecule has 1 amide bonds. The van der Waals surface area contributed by atoms with Crippen LogP contribution in [0.2, 0.25) is 0 Å². The SMILES string of the molecule is CCC(C)NC1CCCC1C1CCCN1C(=O)OC(C)(C)C. The van der Waals surface area contributed by atoms with Crippen molar-refractivity contribution in [3.8, 4) is 0 Å². The number of hydrogen-bond acceptors (Lipinski definition) is 3. The number of nitrogens with one attached hydrogen (secondary N) is 1. The summed E-state index contributed by atoms with van der Waals surface area (Å²) in [7, 11) is 0. The molecule has 4 atom stereocenters. The zero-order chi connectivity index (χ0) is 16.3. The van der Waals surface area contributed by atoms with E-state index in [1.54, 1.807) is 0 Å². The van der Waals surface area contributed by atoms with Crippen LogP contribution in [0.1, 0.15) is 73.1 Å². The summed E-state index contributed by atoms with van der Waals surface area (Å²) in [5, 5.41) is 3.78. The van der Waals surface area contributed by atoms with E-state index >= 15 is 0 Å². The Morgan fingerprint density at radius 3 is 2.64 bits per heavy atom. The van der Waals surface area contributed by atoms with E-state index in [0.29, 0.717) is 24.0 Å². The lowest BCUT2D eigenvalue weighted by molar-refractivity contribution is 0.0165. The maximum Gasteiger partial charge on any atom is 0.410 e. The summed E-state index contributed by atoms with van der Waals surface area (Å²) in [6.45, 7) is 11.2. The van der Waals surface area contributed by atoms with Crippen molar-refractivity contribution in [1.29, 1.82) is 0 Å². The van der Waals surface area contributed by atoms with Gasteiger partial charge in [0.05, 0.1) is 0 Å². The second-order valence-corrected chi connectivity index (χ2v) is 8.06. The number of ether oxygens (including phenoxy) is 1. The zero-order valence-corrected chi connectivity index (χ0v) is 15.0. The first-order chi connectivity index (χ1) is 10.3. The van der Waals surface area contributed by atoms with Gasteiger partial charge in [0.2, 0.25) is 0 Å². The Morgan fingerprint density at radius 1 is 1.27 bits per heavy atom. The van der Waals surface area contributed by atoms with E-state index in [4.69, 9.17) is 4.74 Å². The summed E-state index contributed by atoms with van der Waals surface area (Å²) in [6, 6.07) is 1.48. The summed E-state index contributed by atoms with van der Waals surface area (Å²) < 4.78 is 5.62. The molecule has 1 saturated carbocycles. The van der Waals surface area contributed by atoms with Gasteiger partial charge in [-0.2, -0.15) is 0 Å². The molecule has 4 heteroatoms. The van der Waals surface area contributed by atoms with Crippen molar-refractivity contribution in [3.63, 3.8) is 0 Å². The molecule has 2 fully saturated rings. The monoisotopic (exact) mass is 310 g/mol. The quantitative estimate of drug-likeness (QED) is 0.855. The largest absolute Gasteiger partial charge is 0.444 e. The molecule has 1 aliphatic carbocycles. The van der Waals surface area contributed by atoms with E-state index < -0.39 is 5.60 Å². The highest BCUT2D eigenvalue weighted by Crippen LogP contribution is 2.36. The number of rotatable bonds is 4. The Balaban J connectivity index is 2.01. The van der Waals surface area contributed by atoms with Gasteiger partial charge in [-0.3, -0.25) is 0 Å². The summed E-state index contributed by atoms with van der Waals surface area (Å²) >= 11 is 0. The molecule has 0 aromatic carbocycles. The van der Waals surface area contributed by atoms with Crippen LogP contribution in [-0.4, -0.2) is 41.3 Å². The normalized spacial score (nSPS) is 30.6. The van der Waals surface area contributed by atoms with E-state index in [1.807, 2.05) is 25.7 Å². The molecule has 1 saturated heterocycles. The van der Waals surface area contributed by atoms with Crippen molar-refractivity contribution in [2.75, 3.05) is 6.54 Å². The third-order valence-corrected chi connectivity index (χ3v) is 5.10. The third kappa shape index (κ3) is 4.37. The fraction of sp³-hybridized carbons (Fsp3) is 0.944. The van der Waals surface area contributed by atoms with Crippen LogP contribution in [0.15, 0.2) is 0 Å². The van der Waals surface area contributed by atoms with E-state index in [9.17, 15) is 4.79 Å². The summed E-state index contributed by atoms with van der Waals surface area (Å²) in [5.41, 5.74) is -0.408. The molecule has 128 valence electrons. The molecule has 1 N–H and O–H groups in total. The zero-order valence-electron chi connectivity index (χ0n) is 15.0. The van der Waals surface area contributed by atoms with Crippen molar-refractivity contribution in [3.05, 3.63) is 0 Å². The maximum absolute atomic E-state index is 12.5. The van der Waals surface area contributed by atoms with Crippen LogP contribution >= 0.6 is 0 Å². The van der Waals surface area contributed by atoms with Gasteiger partial charge in [-0.25, -0.2) is 4.79 Å². The molecule has 0 spiro atoms. The van der Waals surface area contributed by atoms with Crippen LogP contribution in [0.25, 0.3) is 0 Å². The van der Waals surface area contributed by atoms with E-state index in [1.165, 1.54) is 19.3 Å². The summed E-state index contributed by atoms with van der Waals surface area (Å²) in [5.74, 6) is 0.587. The number of hydrogen-bond donors (Lipinski definition) is 1. The Bertz CT molecular complexity index is 378. The minimum absolute atomic E-state index is 0.121. The van der Waals surface area contributed by atoms with Gasteiger partial charge in [0.1, 0.15) is 5.60 Å². The van der Waals surface area contributed by atoms with Gasteiger partial charge in [-0.05, 0) is 65.7 Å². The summed E-state index contributed by atoms with van der Waals surface area (Å²) in [6.07, 6.45) is 7.02. The molecule has 4 unspecified atom stereocenters. The highest BCUT2D eigenvalue weighted by molar-refractivity contribution is 5.69. The molecule has 1 aliphatic heterocycles. The second-order valence-electron chi connectivity index (χ2n) is 8.06. The number of carbonyl (C=O) groups excluding carboxylic acids is 1. The van der Waals surface area contributed by atoms with Crippen LogP contribution in [0, 0.1) is 5.92 Å². The molecular weight excluding hydrogens is 276 g/mol. The number of likely N-dealkylation sites (tertiary alicyclic amines) is 1. The van der Waals surface area contributed by atoms with Gasteiger partial charge in [-0.1, -0.05) is 13.3 Å². The lowest BCUT2D eigenvalue weighted by Crippen LogP contribution is -2.49. The van der Waals surface area contributed by atoms with Crippen molar-refractivity contribution < 1.29 is 9.53 Å². The van der Waals surface area contributed by atoms with Crippen LogP contribution in [0.4, 0.5) is 4.79 Å². The topological polar surface area (TPSA) is 41.6 Å². The highest BCUT2D eigenvalue weighted by Gasteiger charge is 2.42. The smallest absolute Gasteiger partial charge is 0.410 e. The van der Waals surface area contributed by atoms with Gasteiger partial charge >= 0.3 is 6.09 Å². The maximum atomic E-state index is 12.5. The van der Waals surface area contributed by atoms with Crippen LogP contribution in [0.5, 0.6) is 0 Å². The molecule has 2 rings (SSSR count). The lowest BCUT2D eigenvalue weighted by Gasteiger charge is -2.35. The van der Waals surface area contributed by atoms with Crippen molar-refractivity contribution >= 4 is 6.09 Å². The van der Waals surface area contributed by atoms with Crippen LogP contribution < -0.4 is 5.32 Å². The van der Waals surface area contributed by atoms with Crippen molar-refractivity contribution in [2.45, 2.75) is 96.9 Å². The van der Waals surface area contributed by atoms with Gasteiger partial charge in [0.15, 0.2) is 0 Å². The van der Waals surface area contributed by atoms with Gasteiger partial charge in [0, 0.05) is 24.7 Å². The standard InChI is InChI=1S/C18H34N2O2/c1-6-13(2)19-15-10-7-9-14(15)16-11-8-12-20(16)17(21)22-18(3,4)5/h13-16,19H,6-12H2,1-5H3. The minimum Gasteiger partial charge on any atom is -0.444 e. The first-order valence-corrected chi connectivity index (χ1v) is 9.07. The highest BCUT2D eigenvalue weighted by atomic mass is 16.6. The second kappa shape index (κ2) is 7.20. The molecule has 4 nitrogen and oxygen atoms in total. The van der Waals surface area contributed by atoms with Gasteiger partial charge in [0.25, 0.3) is 0 Å². The summed E-state index contributed by atoms with van der Waals surface area (Å²) in [4.78, 5) is 14.5. The number of carbonyl (C=O) groups is 1. The van der Waals surface area contributed by atoms with E-state index in [-0.39, 0.29) is 6.09 Å². The van der Waals surface area contributed by atoms with Crippen molar-refractivity contribution in [1.82, 2.24) is 10.2 Å². The molecule has 2 aliphatic rings. The molecule has 0 bridgehead atoms.